The van der Waals surface area contributed by atoms with Crippen molar-refractivity contribution < 1.29 is 19.1 Å². The smallest absolute Gasteiger partial charge is 0.410 e. The molecule has 0 atom stereocenters. The summed E-state index contributed by atoms with van der Waals surface area (Å²) in [5.74, 6) is -0.105. The molecule has 2 aliphatic rings. The monoisotopic (exact) mass is 255 g/mol. The first-order chi connectivity index (χ1) is 8.25. The average Bonchev–Trinajstić information content (AvgIpc) is 2.09. The molecule has 2 fully saturated rings. The van der Waals surface area contributed by atoms with E-state index in [0.29, 0.717) is 13.1 Å². The highest BCUT2D eigenvalue weighted by molar-refractivity contribution is 5.74. The third-order valence-corrected chi connectivity index (χ3v) is 3.60. The van der Waals surface area contributed by atoms with Crippen molar-refractivity contribution in [2.75, 3.05) is 20.2 Å². The molecule has 1 amide bonds. The maximum atomic E-state index is 11.8. The van der Waals surface area contributed by atoms with Crippen LogP contribution in [0, 0.1) is 11.3 Å². The third-order valence-electron chi connectivity index (χ3n) is 3.60. The summed E-state index contributed by atoms with van der Waals surface area (Å²) in [4.78, 5) is 24.8. The lowest BCUT2D eigenvalue weighted by molar-refractivity contribution is -0.162. The molecule has 5 nitrogen and oxygen atoms in total. The van der Waals surface area contributed by atoms with Crippen molar-refractivity contribution in [3.05, 3.63) is 0 Å². The minimum absolute atomic E-state index is 0.0239. The number of carbonyl (C=O) groups is 2. The Morgan fingerprint density at radius 2 is 1.78 bits per heavy atom. The van der Waals surface area contributed by atoms with Crippen LogP contribution in [-0.2, 0) is 14.3 Å². The van der Waals surface area contributed by atoms with Crippen molar-refractivity contribution >= 4 is 12.1 Å². The van der Waals surface area contributed by atoms with Crippen LogP contribution in [0.4, 0.5) is 4.79 Å². The fourth-order valence-electron chi connectivity index (χ4n) is 2.80. The van der Waals surface area contributed by atoms with Gasteiger partial charge in [-0.15, -0.1) is 0 Å². The van der Waals surface area contributed by atoms with Crippen LogP contribution in [0.5, 0.6) is 0 Å². The fraction of sp³-hybridized carbons (Fsp3) is 0.846. The summed E-state index contributed by atoms with van der Waals surface area (Å²) < 4.78 is 10.0. The first-order valence-corrected chi connectivity index (χ1v) is 6.30. The molecule has 0 aromatic heterocycles. The number of ether oxygens (including phenoxy) is 2. The molecule has 18 heavy (non-hydrogen) atoms. The number of nitrogens with zero attached hydrogens (tertiary/aromatic N) is 1. The summed E-state index contributed by atoms with van der Waals surface area (Å²) in [5.41, 5.74) is -0.302. The van der Waals surface area contributed by atoms with Gasteiger partial charge >= 0.3 is 12.1 Å². The second-order valence-corrected chi connectivity index (χ2v) is 6.46. The van der Waals surface area contributed by atoms with Crippen LogP contribution in [0.15, 0.2) is 0 Å². The van der Waals surface area contributed by atoms with Gasteiger partial charge in [0.2, 0.25) is 0 Å². The van der Waals surface area contributed by atoms with Gasteiger partial charge in [0.15, 0.2) is 0 Å². The summed E-state index contributed by atoms with van der Waals surface area (Å²) in [6, 6.07) is 0. The van der Waals surface area contributed by atoms with Gasteiger partial charge in [-0.2, -0.15) is 0 Å². The highest BCUT2D eigenvalue weighted by atomic mass is 16.6. The zero-order valence-electron chi connectivity index (χ0n) is 11.5. The molecule has 0 radical (unpaired) electrons. The van der Waals surface area contributed by atoms with E-state index in [9.17, 15) is 9.59 Å². The average molecular weight is 255 g/mol. The molecule has 102 valence electrons. The normalized spacial score (nSPS) is 22.1. The van der Waals surface area contributed by atoms with Gasteiger partial charge in [0.25, 0.3) is 0 Å². The van der Waals surface area contributed by atoms with Crippen molar-refractivity contribution in [1.82, 2.24) is 4.90 Å². The van der Waals surface area contributed by atoms with E-state index in [4.69, 9.17) is 9.47 Å². The highest BCUT2D eigenvalue weighted by Gasteiger charge is 2.56. The minimum Gasteiger partial charge on any atom is -0.469 e. The van der Waals surface area contributed by atoms with Crippen molar-refractivity contribution in [2.24, 2.45) is 11.3 Å². The molecule has 1 aliphatic heterocycles. The summed E-state index contributed by atoms with van der Waals surface area (Å²) in [6.07, 6.45) is 1.41. The van der Waals surface area contributed by atoms with Crippen LogP contribution in [0.2, 0.25) is 0 Å². The van der Waals surface area contributed by atoms with Crippen molar-refractivity contribution in [1.29, 1.82) is 0 Å². The first kappa shape index (κ1) is 13.2. The number of rotatable bonds is 1. The Bertz CT molecular complexity index is 358. The van der Waals surface area contributed by atoms with E-state index in [1.54, 1.807) is 4.90 Å². The molecule has 1 saturated heterocycles. The predicted octanol–water partition coefficient (Wildman–Crippen LogP) is 1.81. The summed E-state index contributed by atoms with van der Waals surface area (Å²) in [6.45, 7) is 6.98. The molecule has 0 bridgehead atoms. The molecule has 1 spiro atoms. The van der Waals surface area contributed by atoms with Crippen LogP contribution in [0.1, 0.15) is 33.6 Å². The van der Waals surface area contributed by atoms with Gasteiger partial charge in [-0.1, -0.05) is 0 Å². The molecule has 1 aliphatic carbocycles. The van der Waals surface area contributed by atoms with Gasteiger partial charge in [0.1, 0.15) is 5.60 Å². The molecule has 1 heterocycles. The van der Waals surface area contributed by atoms with Crippen LogP contribution in [0.25, 0.3) is 0 Å². The summed E-state index contributed by atoms with van der Waals surface area (Å²) in [7, 11) is 1.42. The minimum atomic E-state index is -0.450. The second kappa shape index (κ2) is 4.14. The molecular formula is C13H21NO4. The van der Waals surface area contributed by atoms with Gasteiger partial charge in [0, 0.05) is 18.5 Å². The van der Waals surface area contributed by atoms with Gasteiger partial charge in [0.05, 0.1) is 13.0 Å². The van der Waals surface area contributed by atoms with Crippen molar-refractivity contribution in [3.63, 3.8) is 0 Å². The maximum Gasteiger partial charge on any atom is 0.410 e. The topological polar surface area (TPSA) is 55.8 Å². The lowest BCUT2D eigenvalue weighted by Gasteiger charge is -2.57. The number of hydrogen-bond acceptors (Lipinski definition) is 4. The molecule has 5 heteroatoms. The van der Waals surface area contributed by atoms with Crippen LogP contribution >= 0.6 is 0 Å². The van der Waals surface area contributed by atoms with Crippen LogP contribution in [-0.4, -0.2) is 42.8 Å². The Morgan fingerprint density at radius 1 is 1.22 bits per heavy atom. The lowest BCUT2D eigenvalue weighted by atomic mass is 9.58. The summed E-state index contributed by atoms with van der Waals surface area (Å²) >= 11 is 0. The van der Waals surface area contributed by atoms with E-state index in [1.165, 1.54) is 7.11 Å². The second-order valence-electron chi connectivity index (χ2n) is 6.46. The number of methoxy groups -OCH3 is 1. The van der Waals surface area contributed by atoms with Gasteiger partial charge in [-0.05, 0) is 33.6 Å². The maximum absolute atomic E-state index is 11.8. The Balaban J connectivity index is 1.75. The zero-order valence-corrected chi connectivity index (χ0v) is 11.5. The van der Waals surface area contributed by atoms with Gasteiger partial charge < -0.3 is 14.4 Å². The lowest BCUT2D eigenvalue weighted by Crippen LogP contribution is -2.65. The summed E-state index contributed by atoms with van der Waals surface area (Å²) in [5, 5.41) is 0. The quantitative estimate of drug-likeness (QED) is 0.670. The van der Waals surface area contributed by atoms with Gasteiger partial charge in [-0.25, -0.2) is 4.79 Å². The predicted molar refractivity (Wildman–Crippen MR) is 65.0 cm³/mol. The molecule has 2 rings (SSSR count). The van der Waals surface area contributed by atoms with E-state index in [1.807, 2.05) is 20.8 Å². The van der Waals surface area contributed by atoms with E-state index < -0.39 is 5.60 Å². The molecule has 0 aromatic carbocycles. The Hall–Kier alpha value is -1.26. The van der Waals surface area contributed by atoms with E-state index in [-0.39, 0.29) is 23.4 Å². The van der Waals surface area contributed by atoms with E-state index in [0.717, 1.165) is 12.8 Å². The number of carbonyl (C=O) groups excluding carboxylic acids is 2. The van der Waals surface area contributed by atoms with Crippen LogP contribution < -0.4 is 0 Å². The largest absolute Gasteiger partial charge is 0.469 e. The molecule has 1 saturated carbocycles. The molecular weight excluding hydrogens is 234 g/mol. The molecule has 0 unspecified atom stereocenters. The van der Waals surface area contributed by atoms with Gasteiger partial charge in [-0.3, -0.25) is 4.79 Å². The Kier molecular flexibility index (Phi) is 3.03. The number of amides is 1. The Labute approximate surface area is 107 Å². The third kappa shape index (κ3) is 2.44. The van der Waals surface area contributed by atoms with Crippen molar-refractivity contribution in [2.45, 2.75) is 39.2 Å². The number of esters is 1. The standard InChI is InChI=1S/C13H21NO4/c1-12(2,3)18-11(16)14-7-13(8-14)5-9(6-13)10(15)17-4/h9H,5-8H2,1-4H3. The SMILES string of the molecule is COC(=O)C1CC2(C1)CN(C(=O)OC(C)(C)C)C2. The van der Waals surface area contributed by atoms with Crippen LogP contribution in [0.3, 0.4) is 0 Å². The number of likely N-dealkylation sites (tertiary alicyclic amines) is 1. The number of hydrogen-bond donors (Lipinski definition) is 0. The van der Waals surface area contributed by atoms with E-state index in [2.05, 4.69) is 0 Å². The fourth-order valence-corrected chi connectivity index (χ4v) is 2.80. The van der Waals surface area contributed by atoms with E-state index >= 15 is 0 Å². The molecule has 0 aromatic rings. The Morgan fingerprint density at radius 3 is 2.22 bits per heavy atom. The van der Waals surface area contributed by atoms with Crippen molar-refractivity contribution in [3.8, 4) is 0 Å². The highest BCUT2D eigenvalue weighted by Crippen LogP contribution is 2.52. The molecule has 0 N–H and O–H groups in total. The first-order valence-electron chi connectivity index (χ1n) is 6.30. The zero-order chi connectivity index (χ0) is 13.6.